The minimum Gasteiger partial charge on any atom is -0.444 e. The highest BCUT2D eigenvalue weighted by Gasteiger charge is 2.41. The van der Waals surface area contributed by atoms with Crippen LogP contribution < -0.4 is 0 Å². The van der Waals surface area contributed by atoms with Crippen molar-refractivity contribution in [2.24, 2.45) is 0 Å². The summed E-state index contributed by atoms with van der Waals surface area (Å²) >= 11 is 0. The van der Waals surface area contributed by atoms with Crippen LogP contribution in [0.15, 0.2) is 36.8 Å². The van der Waals surface area contributed by atoms with Crippen LogP contribution in [0.25, 0.3) is 0 Å². The van der Waals surface area contributed by atoms with E-state index in [4.69, 9.17) is 9.47 Å². The van der Waals surface area contributed by atoms with Gasteiger partial charge in [0.15, 0.2) is 5.82 Å². The van der Waals surface area contributed by atoms with Gasteiger partial charge in [-0.3, -0.25) is 9.88 Å². The molecule has 0 N–H and O–H groups in total. The first-order chi connectivity index (χ1) is 12.7. The Hall–Kier alpha value is -2.54. The fraction of sp³-hybridized carbons (Fsp3) is 0.500. The maximum atomic E-state index is 12.8. The Morgan fingerprint density at radius 1 is 1.30 bits per heavy atom. The van der Waals surface area contributed by atoms with E-state index < -0.39 is 11.7 Å². The van der Waals surface area contributed by atoms with Crippen LogP contribution in [0.3, 0.4) is 0 Å². The topological polar surface area (TPSA) is 80.7 Å². The second-order valence-electron chi connectivity index (χ2n) is 7.95. The van der Waals surface area contributed by atoms with Gasteiger partial charge >= 0.3 is 6.09 Å². The predicted molar refractivity (Wildman–Crippen MR) is 99.8 cm³/mol. The Morgan fingerprint density at radius 2 is 1.96 bits per heavy atom. The van der Waals surface area contributed by atoms with Crippen molar-refractivity contribution in [1.82, 2.24) is 19.9 Å². The molecule has 1 saturated heterocycles. The van der Waals surface area contributed by atoms with E-state index in [0.29, 0.717) is 19.0 Å². The molecular formula is C20H26N4O3. The van der Waals surface area contributed by atoms with E-state index in [1.54, 1.807) is 29.6 Å². The molecule has 27 heavy (non-hydrogen) atoms. The molecule has 2 aromatic heterocycles. The summed E-state index contributed by atoms with van der Waals surface area (Å²) in [4.78, 5) is 27.5. The van der Waals surface area contributed by atoms with Crippen molar-refractivity contribution in [3.8, 4) is 0 Å². The molecule has 0 aromatic carbocycles. The van der Waals surface area contributed by atoms with Crippen molar-refractivity contribution >= 4 is 6.09 Å². The van der Waals surface area contributed by atoms with E-state index in [0.717, 1.165) is 11.3 Å². The number of epoxide rings is 1. The Kier molecular flexibility index (Phi) is 5.15. The lowest BCUT2D eigenvalue weighted by atomic mass is 10.0. The quantitative estimate of drug-likeness (QED) is 0.748. The van der Waals surface area contributed by atoms with Gasteiger partial charge in [-0.1, -0.05) is 6.07 Å². The lowest BCUT2D eigenvalue weighted by Crippen LogP contribution is -2.38. The van der Waals surface area contributed by atoms with Crippen molar-refractivity contribution in [3.05, 3.63) is 53.9 Å². The third-order valence-corrected chi connectivity index (χ3v) is 4.40. The number of amides is 1. The van der Waals surface area contributed by atoms with Gasteiger partial charge < -0.3 is 9.47 Å². The number of rotatable bonds is 5. The summed E-state index contributed by atoms with van der Waals surface area (Å²) in [7, 11) is 0. The fourth-order valence-electron chi connectivity index (χ4n) is 2.63. The van der Waals surface area contributed by atoms with Gasteiger partial charge in [0.2, 0.25) is 0 Å². The maximum absolute atomic E-state index is 12.8. The average molecular weight is 370 g/mol. The van der Waals surface area contributed by atoms with Gasteiger partial charge in [-0.25, -0.2) is 14.8 Å². The van der Waals surface area contributed by atoms with Crippen LogP contribution in [0.4, 0.5) is 4.79 Å². The molecule has 1 aliphatic rings. The van der Waals surface area contributed by atoms with E-state index in [2.05, 4.69) is 15.0 Å². The zero-order valence-corrected chi connectivity index (χ0v) is 16.5. The van der Waals surface area contributed by atoms with Crippen molar-refractivity contribution in [2.45, 2.75) is 58.4 Å². The van der Waals surface area contributed by atoms with Crippen molar-refractivity contribution in [1.29, 1.82) is 0 Å². The first-order valence-electron chi connectivity index (χ1n) is 9.04. The molecule has 2 atom stereocenters. The number of hydrogen-bond acceptors (Lipinski definition) is 6. The highest BCUT2D eigenvalue weighted by molar-refractivity contribution is 5.68. The Morgan fingerprint density at radius 3 is 2.48 bits per heavy atom. The molecule has 7 nitrogen and oxygen atoms in total. The molecule has 1 fully saturated rings. The summed E-state index contributed by atoms with van der Waals surface area (Å²) < 4.78 is 11.0. The van der Waals surface area contributed by atoms with Crippen LogP contribution in [0.2, 0.25) is 0 Å². The minimum atomic E-state index is -0.595. The molecular weight excluding hydrogens is 344 g/mol. The molecule has 1 unspecified atom stereocenters. The average Bonchev–Trinajstić information content (AvgIpc) is 3.37. The third kappa shape index (κ3) is 4.80. The smallest absolute Gasteiger partial charge is 0.411 e. The summed E-state index contributed by atoms with van der Waals surface area (Å²) in [5.74, 6) is 0.555. The van der Waals surface area contributed by atoms with E-state index in [1.807, 2.05) is 46.8 Å². The molecule has 1 amide bonds. The molecule has 0 bridgehead atoms. The Labute approximate surface area is 159 Å². The highest BCUT2D eigenvalue weighted by atomic mass is 16.6. The summed E-state index contributed by atoms with van der Waals surface area (Å²) in [6.07, 6.45) is 4.70. The Balaban J connectivity index is 1.81. The number of carbonyl (C=O) groups is 1. The predicted octanol–water partition coefficient (Wildman–Crippen LogP) is 3.62. The zero-order chi connectivity index (χ0) is 19.7. The number of nitrogens with zero attached hydrogens (tertiary/aromatic N) is 4. The lowest BCUT2D eigenvalue weighted by Gasteiger charge is -2.30. The van der Waals surface area contributed by atoms with Crippen LogP contribution in [0.1, 0.15) is 57.7 Å². The summed E-state index contributed by atoms with van der Waals surface area (Å²) in [5.41, 5.74) is 0.981. The summed E-state index contributed by atoms with van der Waals surface area (Å²) in [6, 6.07) is 5.30. The number of carbonyl (C=O) groups excluding carboxylic acids is 1. The first-order valence-corrected chi connectivity index (χ1v) is 9.04. The zero-order valence-electron chi connectivity index (χ0n) is 16.5. The summed E-state index contributed by atoms with van der Waals surface area (Å²) in [5, 5.41) is 0. The van der Waals surface area contributed by atoms with Crippen LogP contribution in [0, 0.1) is 0 Å². The Bertz CT molecular complexity index is 783. The van der Waals surface area contributed by atoms with Gasteiger partial charge in [-0.15, -0.1) is 0 Å². The van der Waals surface area contributed by atoms with Crippen LogP contribution in [-0.4, -0.2) is 38.2 Å². The van der Waals surface area contributed by atoms with Gasteiger partial charge in [0.05, 0.1) is 24.9 Å². The minimum absolute atomic E-state index is 0.221. The molecule has 0 aliphatic carbocycles. The number of ether oxygens (including phenoxy) is 2. The van der Waals surface area contributed by atoms with Crippen LogP contribution >= 0.6 is 0 Å². The van der Waals surface area contributed by atoms with Gasteiger partial charge in [-0.2, -0.15) is 0 Å². The molecule has 0 radical (unpaired) electrons. The SMILES string of the molecule is C[C@H](c1ncccn1)N(Cc1ccc(C2(C)CO2)cn1)C(=O)OC(C)(C)C. The van der Waals surface area contributed by atoms with Gasteiger partial charge in [0.25, 0.3) is 0 Å². The van der Waals surface area contributed by atoms with E-state index in [1.165, 1.54) is 0 Å². The monoisotopic (exact) mass is 370 g/mol. The van der Waals surface area contributed by atoms with Gasteiger partial charge in [-0.05, 0) is 46.8 Å². The van der Waals surface area contributed by atoms with Crippen LogP contribution in [0.5, 0.6) is 0 Å². The molecule has 0 saturated carbocycles. The lowest BCUT2D eigenvalue weighted by molar-refractivity contribution is 0.0142. The molecule has 2 aromatic rings. The molecule has 0 spiro atoms. The van der Waals surface area contributed by atoms with Crippen LogP contribution in [-0.2, 0) is 21.6 Å². The third-order valence-electron chi connectivity index (χ3n) is 4.40. The van der Waals surface area contributed by atoms with E-state index in [-0.39, 0.29) is 11.6 Å². The number of aromatic nitrogens is 3. The standard InChI is InChI=1S/C20H26N4O3/c1-14(17-21-9-6-10-22-17)24(18(25)27-19(2,3)4)12-16-8-7-15(11-23-16)20(5)13-26-20/h6-11,14H,12-13H2,1-5H3/t14-,20?/m1/s1. The molecule has 3 heterocycles. The molecule has 1 aliphatic heterocycles. The molecule has 144 valence electrons. The second kappa shape index (κ2) is 7.23. The largest absolute Gasteiger partial charge is 0.444 e. The second-order valence-corrected chi connectivity index (χ2v) is 7.95. The van der Waals surface area contributed by atoms with Crippen molar-refractivity contribution < 1.29 is 14.3 Å². The van der Waals surface area contributed by atoms with Crippen molar-refractivity contribution in [2.75, 3.05) is 6.61 Å². The molecule has 7 heteroatoms. The maximum Gasteiger partial charge on any atom is 0.411 e. The number of pyridine rings is 1. The van der Waals surface area contributed by atoms with Gasteiger partial charge in [0.1, 0.15) is 11.2 Å². The normalized spacial score (nSPS) is 20.0. The molecule has 3 rings (SSSR count). The number of hydrogen-bond donors (Lipinski definition) is 0. The first kappa shape index (κ1) is 19.2. The van der Waals surface area contributed by atoms with Gasteiger partial charge in [0, 0.05) is 24.2 Å². The van der Waals surface area contributed by atoms with Crippen molar-refractivity contribution in [3.63, 3.8) is 0 Å². The van der Waals surface area contributed by atoms with E-state index >= 15 is 0 Å². The summed E-state index contributed by atoms with van der Waals surface area (Å²) in [6.45, 7) is 10.5. The fourth-order valence-corrected chi connectivity index (χ4v) is 2.63. The van der Waals surface area contributed by atoms with E-state index in [9.17, 15) is 4.79 Å². The highest BCUT2D eigenvalue weighted by Crippen LogP contribution is 2.37.